The summed E-state index contributed by atoms with van der Waals surface area (Å²) in [5.41, 5.74) is 7.86. The largest absolute Gasteiger partial charge is 0.476 e. The van der Waals surface area contributed by atoms with Crippen LogP contribution in [0.4, 0.5) is 0 Å². The van der Waals surface area contributed by atoms with Gasteiger partial charge < -0.3 is 20.2 Å². The van der Waals surface area contributed by atoms with Gasteiger partial charge in [-0.2, -0.15) is 0 Å². The zero-order valence-electron chi connectivity index (χ0n) is 15.4. The van der Waals surface area contributed by atoms with Gasteiger partial charge in [0.15, 0.2) is 5.82 Å². The molecule has 0 fully saturated rings. The molecule has 0 aliphatic rings. The number of hydrogen-bond donors (Lipinski definition) is 2. The first kappa shape index (κ1) is 18.9. The fourth-order valence-electron chi connectivity index (χ4n) is 2.46. The van der Waals surface area contributed by atoms with E-state index in [0.29, 0.717) is 17.9 Å². The number of benzene rings is 2. The Kier molecular flexibility index (Phi) is 5.86. The van der Waals surface area contributed by atoms with Crippen LogP contribution in [0.3, 0.4) is 0 Å². The SMILES string of the molecule is C=C/C=N\C(Oc1ccc(C(=O)c2nc3ccccc3[nH]2)cc1)=C(/N)OCC. The summed E-state index contributed by atoms with van der Waals surface area (Å²) >= 11 is 0. The van der Waals surface area contributed by atoms with Crippen LogP contribution in [-0.2, 0) is 4.74 Å². The number of nitrogens with two attached hydrogens (primary N) is 1. The minimum absolute atomic E-state index is 0.0584. The lowest BCUT2D eigenvalue weighted by atomic mass is 10.1. The van der Waals surface area contributed by atoms with Gasteiger partial charge in [-0.15, -0.1) is 0 Å². The van der Waals surface area contributed by atoms with Gasteiger partial charge in [-0.05, 0) is 43.3 Å². The number of fused-ring (bicyclic) bond motifs is 1. The monoisotopic (exact) mass is 376 g/mol. The molecule has 0 amide bonds. The number of aromatic amines is 1. The van der Waals surface area contributed by atoms with Crippen molar-refractivity contribution in [2.75, 3.05) is 6.61 Å². The first-order valence-electron chi connectivity index (χ1n) is 8.67. The second kappa shape index (κ2) is 8.68. The third kappa shape index (κ3) is 4.27. The summed E-state index contributed by atoms with van der Waals surface area (Å²) in [5, 5.41) is 0. The molecule has 7 heteroatoms. The molecular formula is C21H20N4O3. The van der Waals surface area contributed by atoms with E-state index in [4.69, 9.17) is 15.2 Å². The Hall–Kier alpha value is -3.87. The number of aromatic nitrogens is 2. The maximum Gasteiger partial charge on any atom is 0.280 e. The Balaban J connectivity index is 1.80. The lowest BCUT2D eigenvalue weighted by Crippen LogP contribution is -2.10. The third-order valence-corrected chi connectivity index (χ3v) is 3.74. The fourth-order valence-corrected chi connectivity index (χ4v) is 2.46. The van der Waals surface area contributed by atoms with Gasteiger partial charge in [0, 0.05) is 11.8 Å². The minimum atomic E-state index is -0.211. The molecular weight excluding hydrogens is 356 g/mol. The number of ketones is 1. The topological polar surface area (TPSA) is 103 Å². The smallest absolute Gasteiger partial charge is 0.280 e. The van der Waals surface area contributed by atoms with Crippen LogP contribution in [0.1, 0.15) is 23.1 Å². The van der Waals surface area contributed by atoms with Crippen LogP contribution < -0.4 is 10.5 Å². The Morgan fingerprint density at radius 1 is 1.25 bits per heavy atom. The van der Waals surface area contributed by atoms with Gasteiger partial charge in [0.05, 0.1) is 17.6 Å². The standard InChI is InChI=1S/C21H20N4O3/c1-3-13-23-21(19(22)27-4-2)28-15-11-9-14(10-12-15)18(26)20-24-16-7-5-6-8-17(16)25-20/h3,5-13H,1,4,22H2,2H3,(H,24,25)/b21-19-,23-13-. The maximum atomic E-state index is 12.7. The van der Waals surface area contributed by atoms with E-state index in [-0.39, 0.29) is 23.4 Å². The summed E-state index contributed by atoms with van der Waals surface area (Å²) in [6.45, 7) is 5.75. The van der Waals surface area contributed by atoms with Crippen LogP contribution in [0.5, 0.6) is 5.75 Å². The summed E-state index contributed by atoms with van der Waals surface area (Å²) in [5.74, 6) is 0.699. The van der Waals surface area contributed by atoms with Crippen LogP contribution in [0, 0.1) is 0 Å². The molecule has 3 aromatic rings. The average Bonchev–Trinajstić information content (AvgIpc) is 3.15. The Morgan fingerprint density at radius 2 is 2.00 bits per heavy atom. The van der Waals surface area contributed by atoms with Gasteiger partial charge in [-0.25, -0.2) is 9.98 Å². The van der Waals surface area contributed by atoms with Crippen molar-refractivity contribution in [3.05, 3.63) is 84.3 Å². The number of ether oxygens (including phenoxy) is 2. The van der Waals surface area contributed by atoms with E-state index in [0.717, 1.165) is 11.0 Å². The van der Waals surface area contributed by atoms with Crippen LogP contribution in [-0.4, -0.2) is 28.6 Å². The Morgan fingerprint density at radius 3 is 2.68 bits per heavy atom. The molecule has 0 radical (unpaired) electrons. The van der Waals surface area contributed by atoms with E-state index in [9.17, 15) is 4.79 Å². The molecule has 0 aliphatic heterocycles. The molecule has 0 bridgehead atoms. The van der Waals surface area contributed by atoms with Crippen molar-refractivity contribution in [2.45, 2.75) is 6.92 Å². The molecule has 0 aliphatic carbocycles. The summed E-state index contributed by atoms with van der Waals surface area (Å²) in [4.78, 5) is 24.1. The van der Waals surface area contributed by atoms with Gasteiger partial charge in [-0.1, -0.05) is 24.8 Å². The van der Waals surface area contributed by atoms with Crippen molar-refractivity contribution in [1.29, 1.82) is 0 Å². The first-order valence-corrected chi connectivity index (χ1v) is 8.67. The molecule has 7 nitrogen and oxygen atoms in total. The van der Waals surface area contributed by atoms with E-state index in [1.165, 1.54) is 12.3 Å². The first-order chi connectivity index (χ1) is 13.6. The van der Waals surface area contributed by atoms with Crippen LogP contribution in [0.25, 0.3) is 11.0 Å². The van der Waals surface area contributed by atoms with Crippen molar-refractivity contribution >= 4 is 23.0 Å². The third-order valence-electron chi connectivity index (χ3n) is 3.74. The number of carbonyl (C=O) groups excluding carboxylic acids is 1. The lowest BCUT2D eigenvalue weighted by molar-refractivity contribution is 0.103. The second-order valence-electron chi connectivity index (χ2n) is 5.67. The predicted molar refractivity (Wildman–Crippen MR) is 108 cm³/mol. The lowest BCUT2D eigenvalue weighted by Gasteiger charge is -2.10. The normalized spacial score (nSPS) is 12.0. The highest BCUT2D eigenvalue weighted by Gasteiger charge is 2.14. The molecule has 0 atom stereocenters. The van der Waals surface area contributed by atoms with Crippen LogP contribution >= 0.6 is 0 Å². The zero-order valence-corrected chi connectivity index (χ0v) is 15.4. The number of H-pyrrole nitrogens is 1. The van der Waals surface area contributed by atoms with E-state index < -0.39 is 0 Å². The number of allylic oxidation sites excluding steroid dienone is 1. The number of nitrogens with zero attached hydrogens (tertiary/aromatic N) is 2. The summed E-state index contributed by atoms with van der Waals surface area (Å²) in [6, 6.07) is 14.1. The summed E-state index contributed by atoms with van der Waals surface area (Å²) in [6.07, 6.45) is 2.94. The van der Waals surface area contributed by atoms with E-state index in [2.05, 4.69) is 21.5 Å². The van der Waals surface area contributed by atoms with Crippen LogP contribution in [0.15, 0.2) is 77.9 Å². The van der Waals surface area contributed by atoms with Gasteiger partial charge >= 0.3 is 0 Å². The Labute approximate surface area is 162 Å². The average molecular weight is 376 g/mol. The van der Waals surface area contributed by atoms with Crippen molar-refractivity contribution in [2.24, 2.45) is 10.7 Å². The number of imidazole rings is 1. The molecule has 0 unspecified atom stereocenters. The van der Waals surface area contributed by atoms with E-state index in [1.54, 1.807) is 31.2 Å². The molecule has 142 valence electrons. The van der Waals surface area contributed by atoms with Crippen LogP contribution in [0.2, 0.25) is 0 Å². The number of aliphatic imine (C=N–C) groups is 1. The Bertz CT molecular complexity index is 1020. The fraction of sp³-hybridized carbons (Fsp3) is 0.0952. The highest BCUT2D eigenvalue weighted by Crippen LogP contribution is 2.19. The second-order valence-corrected chi connectivity index (χ2v) is 5.67. The van der Waals surface area contributed by atoms with Crippen molar-refractivity contribution < 1.29 is 14.3 Å². The zero-order chi connectivity index (χ0) is 19.9. The minimum Gasteiger partial charge on any atom is -0.476 e. The number of carbonyl (C=O) groups is 1. The molecule has 2 aromatic carbocycles. The van der Waals surface area contributed by atoms with Crippen molar-refractivity contribution in [1.82, 2.24) is 9.97 Å². The van der Waals surface area contributed by atoms with E-state index >= 15 is 0 Å². The van der Waals surface area contributed by atoms with Crippen molar-refractivity contribution in [3.63, 3.8) is 0 Å². The summed E-state index contributed by atoms with van der Waals surface area (Å²) < 4.78 is 10.9. The molecule has 1 heterocycles. The summed E-state index contributed by atoms with van der Waals surface area (Å²) in [7, 11) is 0. The number of rotatable bonds is 8. The molecule has 28 heavy (non-hydrogen) atoms. The molecule has 3 rings (SSSR count). The number of nitrogens with one attached hydrogen (secondary N) is 1. The predicted octanol–water partition coefficient (Wildman–Crippen LogP) is 3.55. The number of para-hydroxylation sites is 2. The molecule has 1 aromatic heterocycles. The quantitative estimate of drug-likeness (QED) is 0.355. The van der Waals surface area contributed by atoms with Crippen molar-refractivity contribution in [3.8, 4) is 5.75 Å². The van der Waals surface area contributed by atoms with Gasteiger partial charge in [0.2, 0.25) is 11.7 Å². The number of hydrogen-bond acceptors (Lipinski definition) is 6. The molecule has 0 saturated carbocycles. The molecule has 3 N–H and O–H groups in total. The van der Waals surface area contributed by atoms with Gasteiger partial charge in [0.25, 0.3) is 5.88 Å². The molecule has 0 spiro atoms. The van der Waals surface area contributed by atoms with E-state index in [1.807, 2.05) is 24.3 Å². The van der Waals surface area contributed by atoms with Gasteiger partial charge in [-0.3, -0.25) is 4.79 Å². The maximum absolute atomic E-state index is 12.7. The highest BCUT2D eigenvalue weighted by molar-refractivity contribution is 6.08. The highest BCUT2D eigenvalue weighted by atomic mass is 16.5. The van der Waals surface area contributed by atoms with Gasteiger partial charge in [0.1, 0.15) is 5.75 Å². The molecule has 0 saturated heterocycles.